The van der Waals surface area contributed by atoms with E-state index >= 15 is 0 Å². The molecule has 3 unspecified atom stereocenters. The van der Waals surface area contributed by atoms with Crippen molar-refractivity contribution < 1.29 is 24.5 Å². The lowest BCUT2D eigenvalue weighted by Gasteiger charge is -2.24. The van der Waals surface area contributed by atoms with Crippen molar-refractivity contribution >= 4 is 12.1 Å². The minimum atomic E-state index is -1.65. The van der Waals surface area contributed by atoms with E-state index < -0.39 is 24.2 Å². The van der Waals surface area contributed by atoms with E-state index in [2.05, 4.69) is 5.32 Å². The zero-order valence-electron chi connectivity index (χ0n) is 13.6. The van der Waals surface area contributed by atoms with Gasteiger partial charge in [0.2, 0.25) is 0 Å². The Balaban J connectivity index is 2.57. The molecule has 0 bridgehead atoms. The number of aliphatic hydroxyl groups is 1. The normalized spacial score (nSPS) is 14.6. The molecule has 1 aromatic rings. The fourth-order valence-electron chi connectivity index (χ4n) is 2.40. The van der Waals surface area contributed by atoms with Crippen LogP contribution in [-0.2, 0) is 16.1 Å². The third-order valence-corrected chi connectivity index (χ3v) is 3.59. The number of amides is 1. The van der Waals surface area contributed by atoms with Gasteiger partial charge in [0.05, 0.1) is 6.04 Å². The maximum Gasteiger partial charge on any atom is 0.407 e. The van der Waals surface area contributed by atoms with Gasteiger partial charge in [-0.15, -0.1) is 0 Å². The fourth-order valence-corrected chi connectivity index (χ4v) is 2.40. The van der Waals surface area contributed by atoms with E-state index in [0.717, 1.165) is 18.4 Å². The molecule has 128 valence electrons. The number of rotatable bonds is 9. The molecule has 6 heteroatoms. The molecule has 0 aliphatic carbocycles. The lowest BCUT2D eigenvalue weighted by atomic mass is 9.94. The number of carboxylic acids is 1. The Labute approximate surface area is 136 Å². The molecule has 1 amide bonds. The molecular weight excluding hydrogens is 298 g/mol. The van der Waals surface area contributed by atoms with Gasteiger partial charge in [-0.1, -0.05) is 57.0 Å². The predicted molar refractivity (Wildman–Crippen MR) is 85.9 cm³/mol. The van der Waals surface area contributed by atoms with Crippen LogP contribution in [0, 0.1) is 5.92 Å². The number of carbonyl (C=O) groups excluding carboxylic acids is 1. The average molecular weight is 323 g/mol. The molecule has 0 heterocycles. The van der Waals surface area contributed by atoms with Crippen molar-refractivity contribution in [3.8, 4) is 0 Å². The maximum atomic E-state index is 11.9. The van der Waals surface area contributed by atoms with Gasteiger partial charge in [0, 0.05) is 0 Å². The minimum absolute atomic E-state index is 0.0904. The summed E-state index contributed by atoms with van der Waals surface area (Å²) in [5.74, 6) is -1.17. The Morgan fingerprint density at radius 1 is 1.26 bits per heavy atom. The van der Waals surface area contributed by atoms with Crippen LogP contribution in [0.1, 0.15) is 38.7 Å². The average Bonchev–Trinajstić information content (AvgIpc) is 2.52. The molecule has 1 aromatic carbocycles. The van der Waals surface area contributed by atoms with Crippen LogP contribution in [0.4, 0.5) is 4.79 Å². The van der Waals surface area contributed by atoms with Gasteiger partial charge in [0.1, 0.15) is 6.61 Å². The summed E-state index contributed by atoms with van der Waals surface area (Å²) in [5.41, 5.74) is 0.831. The van der Waals surface area contributed by atoms with Crippen LogP contribution in [0.3, 0.4) is 0 Å². The van der Waals surface area contributed by atoms with E-state index in [-0.39, 0.29) is 12.5 Å². The number of carboxylic acid groups (broad SMARTS) is 1. The van der Waals surface area contributed by atoms with Gasteiger partial charge in [-0.2, -0.15) is 0 Å². The van der Waals surface area contributed by atoms with Crippen LogP contribution >= 0.6 is 0 Å². The van der Waals surface area contributed by atoms with E-state index in [1.165, 1.54) is 0 Å². The van der Waals surface area contributed by atoms with E-state index in [1.807, 2.05) is 44.2 Å². The summed E-state index contributed by atoms with van der Waals surface area (Å²) in [6.45, 7) is 4.08. The van der Waals surface area contributed by atoms with Crippen LogP contribution in [0.5, 0.6) is 0 Å². The lowest BCUT2D eigenvalue weighted by molar-refractivity contribution is -0.148. The number of hydrogen-bond donors (Lipinski definition) is 3. The zero-order valence-corrected chi connectivity index (χ0v) is 13.6. The van der Waals surface area contributed by atoms with E-state index in [9.17, 15) is 14.7 Å². The predicted octanol–water partition coefficient (Wildman–Crippen LogP) is 2.55. The second-order valence-electron chi connectivity index (χ2n) is 5.73. The third-order valence-electron chi connectivity index (χ3n) is 3.59. The van der Waals surface area contributed by atoms with Crippen LogP contribution in [0.25, 0.3) is 0 Å². The zero-order chi connectivity index (χ0) is 17.2. The van der Waals surface area contributed by atoms with Gasteiger partial charge in [-0.05, 0) is 17.9 Å². The molecule has 0 radical (unpaired) electrons. The van der Waals surface area contributed by atoms with Gasteiger partial charge in [-0.25, -0.2) is 9.59 Å². The fraction of sp³-hybridized carbons (Fsp3) is 0.529. The highest BCUT2D eigenvalue weighted by Gasteiger charge is 2.29. The lowest BCUT2D eigenvalue weighted by Crippen LogP contribution is -2.47. The SMILES string of the molecule is CCCC(C)CC(NC(=O)OCc1ccccc1)C(O)C(=O)O. The van der Waals surface area contributed by atoms with Crippen molar-refractivity contribution in [2.45, 2.75) is 51.9 Å². The Bertz CT molecular complexity index is 491. The molecule has 0 saturated carbocycles. The van der Waals surface area contributed by atoms with Crippen LogP contribution < -0.4 is 5.32 Å². The number of hydrogen-bond acceptors (Lipinski definition) is 4. The summed E-state index contributed by atoms with van der Waals surface area (Å²) in [7, 11) is 0. The monoisotopic (exact) mass is 323 g/mol. The molecule has 0 fully saturated rings. The van der Waals surface area contributed by atoms with E-state index in [4.69, 9.17) is 9.84 Å². The topological polar surface area (TPSA) is 95.9 Å². The summed E-state index contributed by atoms with van der Waals surface area (Å²) in [6, 6.07) is 8.29. The number of ether oxygens (including phenoxy) is 1. The van der Waals surface area contributed by atoms with Crippen LogP contribution in [0.2, 0.25) is 0 Å². The highest BCUT2D eigenvalue weighted by molar-refractivity contribution is 5.75. The molecule has 0 saturated heterocycles. The second-order valence-corrected chi connectivity index (χ2v) is 5.73. The number of benzene rings is 1. The third kappa shape index (κ3) is 7.15. The smallest absolute Gasteiger partial charge is 0.407 e. The first-order chi connectivity index (χ1) is 10.9. The summed E-state index contributed by atoms with van der Waals surface area (Å²) in [5, 5.41) is 21.2. The number of alkyl carbamates (subject to hydrolysis) is 1. The standard InChI is InChI=1S/C17H25NO5/c1-3-7-12(2)10-14(15(19)16(20)21)18-17(22)23-11-13-8-5-4-6-9-13/h4-6,8-9,12,14-15,19H,3,7,10-11H2,1-2H3,(H,18,22)(H,20,21). The second kappa shape index (κ2) is 9.84. The Morgan fingerprint density at radius 3 is 2.48 bits per heavy atom. The first-order valence-electron chi connectivity index (χ1n) is 7.82. The summed E-state index contributed by atoms with van der Waals surface area (Å²) >= 11 is 0. The number of carbonyl (C=O) groups is 2. The molecule has 0 aliphatic heterocycles. The first kappa shape index (κ1) is 19.0. The molecular formula is C17H25NO5. The van der Waals surface area contributed by atoms with Crippen molar-refractivity contribution in [3.63, 3.8) is 0 Å². The Hall–Kier alpha value is -2.08. The molecule has 6 nitrogen and oxygen atoms in total. The largest absolute Gasteiger partial charge is 0.479 e. The van der Waals surface area contributed by atoms with Gasteiger partial charge >= 0.3 is 12.1 Å². The molecule has 1 rings (SSSR count). The number of nitrogens with one attached hydrogen (secondary N) is 1. The molecule has 3 N–H and O–H groups in total. The van der Waals surface area contributed by atoms with Crippen molar-refractivity contribution in [2.24, 2.45) is 5.92 Å². The van der Waals surface area contributed by atoms with Crippen molar-refractivity contribution in [1.82, 2.24) is 5.32 Å². The van der Waals surface area contributed by atoms with Crippen LogP contribution in [-0.4, -0.2) is 34.4 Å². The van der Waals surface area contributed by atoms with E-state index in [0.29, 0.717) is 6.42 Å². The van der Waals surface area contributed by atoms with Gasteiger partial charge in [0.25, 0.3) is 0 Å². The van der Waals surface area contributed by atoms with Crippen molar-refractivity contribution in [2.75, 3.05) is 0 Å². The summed E-state index contributed by atoms with van der Waals surface area (Å²) in [4.78, 5) is 22.9. The highest BCUT2D eigenvalue weighted by Crippen LogP contribution is 2.15. The van der Waals surface area contributed by atoms with Gasteiger partial charge in [-0.3, -0.25) is 0 Å². The van der Waals surface area contributed by atoms with Crippen molar-refractivity contribution in [3.05, 3.63) is 35.9 Å². The summed E-state index contributed by atoms with van der Waals surface area (Å²) < 4.78 is 5.08. The molecule has 23 heavy (non-hydrogen) atoms. The summed E-state index contributed by atoms with van der Waals surface area (Å²) in [6.07, 6.45) is -0.165. The van der Waals surface area contributed by atoms with Gasteiger partial charge in [0.15, 0.2) is 6.10 Å². The van der Waals surface area contributed by atoms with Crippen LogP contribution in [0.15, 0.2) is 30.3 Å². The number of aliphatic carboxylic acids is 1. The molecule has 0 aromatic heterocycles. The minimum Gasteiger partial charge on any atom is -0.479 e. The van der Waals surface area contributed by atoms with Crippen molar-refractivity contribution in [1.29, 1.82) is 0 Å². The number of aliphatic hydroxyl groups excluding tert-OH is 1. The maximum absolute atomic E-state index is 11.9. The Kier molecular flexibility index (Phi) is 8.11. The van der Waals surface area contributed by atoms with E-state index in [1.54, 1.807) is 0 Å². The van der Waals surface area contributed by atoms with Gasteiger partial charge < -0.3 is 20.3 Å². The quantitative estimate of drug-likeness (QED) is 0.649. The highest BCUT2D eigenvalue weighted by atomic mass is 16.5. The molecule has 3 atom stereocenters. The first-order valence-corrected chi connectivity index (χ1v) is 7.82. The molecule has 0 spiro atoms. The Morgan fingerprint density at radius 2 is 1.91 bits per heavy atom. The molecule has 0 aliphatic rings.